The number of nitro benzene ring substituents is 1. The van der Waals surface area contributed by atoms with Crippen LogP contribution < -0.4 is 10.1 Å². The fourth-order valence-corrected chi connectivity index (χ4v) is 2.94. The molecule has 0 saturated heterocycles. The normalized spacial score (nSPS) is 9.88. The molecule has 1 N–H and O–H groups in total. The minimum atomic E-state index is -0.590. The number of benzene rings is 3. The van der Waals surface area contributed by atoms with Crippen molar-refractivity contribution in [2.75, 3.05) is 19.0 Å². The molecule has 0 aliphatic carbocycles. The summed E-state index contributed by atoms with van der Waals surface area (Å²) in [5.74, 6) is 5.11. The Labute approximate surface area is 190 Å². The molecule has 1 amide bonds. The second kappa shape index (κ2) is 10.6. The summed E-state index contributed by atoms with van der Waals surface area (Å²) in [6.45, 7) is 1.99. The molecule has 3 aromatic carbocycles. The minimum Gasteiger partial charge on any atom is -0.487 e. The Kier molecular flexibility index (Phi) is 7.39. The Morgan fingerprint density at radius 3 is 2.33 bits per heavy atom. The van der Waals surface area contributed by atoms with Crippen molar-refractivity contribution in [3.8, 4) is 17.6 Å². The Morgan fingerprint density at radius 1 is 0.970 bits per heavy atom. The van der Waals surface area contributed by atoms with Crippen LogP contribution in [0.1, 0.15) is 38.8 Å². The van der Waals surface area contributed by atoms with Gasteiger partial charge >= 0.3 is 11.7 Å². The molecule has 0 aliphatic rings. The molecule has 166 valence electrons. The summed E-state index contributed by atoms with van der Waals surface area (Å²) in [6, 6.07) is 17.7. The highest BCUT2D eigenvalue weighted by atomic mass is 16.6. The van der Waals surface area contributed by atoms with E-state index < -0.39 is 16.8 Å². The van der Waals surface area contributed by atoms with Crippen LogP contribution in [0, 0.1) is 22.0 Å². The van der Waals surface area contributed by atoms with Crippen molar-refractivity contribution in [3.05, 3.63) is 99.1 Å². The number of ether oxygens (including phenoxy) is 2. The SMILES string of the molecule is CCOc1ccc(C(=O)Nc2cccc(C#Cc3cccc(C(=O)OC)c3)c2)cc1[N+](=O)[O-]. The number of anilines is 1. The first-order valence-corrected chi connectivity index (χ1v) is 9.94. The van der Waals surface area contributed by atoms with Gasteiger partial charge in [0.05, 0.1) is 24.2 Å². The van der Waals surface area contributed by atoms with E-state index in [4.69, 9.17) is 9.47 Å². The van der Waals surface area contributed by atoms with Gasteiger partial charge in [0.2, 0.25) is 0 Å². The predicted molar refractivity (Wildman–Crippen MR) is 122 cm³/mol. The lowest BCUT2D eigenvalue weighted by Crippen LogP contribution is -2.12. The molecule has 0 atom stereocenters. The number of carbonyl (C=O) groups excluding carboxylic acids is 2. The van der Waals surface area contributed by atoms with Crippen molar-refractivity contribution >= 4 is 23.3 Å². The van der Waals surface area contributed by atoms with Gasteiger partial charge in [-0.25, -0.2) is 4.79 Å². The van der Waals surface area contributed by atoms with Crippen molar-refractivity contribution in [3.63, 3.8) is 0 Å². The van der Waals surface area contributed by atoms with Crippen LogP contribution in [0.25, 0.3) is 0 Å². The van der Waals surface area contributed by atoms with Gasteiger partial charge in [-0.3, -0.25) is 14.9 Å². The van der Waals surface area contributed by atoms with E-state index in [1.54, 1.807) is 55.5 Å². The van der Waals surface area contributed by atoms with Gasteiger partial charge in [-0.05, 0) is 55.5 Å². The first-order chi connectivity index (χ1) is 15.9. The molecular formula is C25H20N2O6. The Hall–Kier alpha value is -4.64. The molecule has 3 aromatic rings. The number of amides is 1. The van der Waals surface area contributed by atoms with Gasteiger partial charge in [0.15, 0.2) is 5.75 Å². The number of hydrogen-bond donors (Lipinski definition) is 1. The maximum atomic E-state index is 12.6. The van der Waals surface area contributed by atoms with E-state index in [0.29, 0.717) is 22.4 Å². The first-order valence-electron chi connectivity index (χ1n) is 9.94. The molecule has 0 spiro atoms. The van der Waals surface area contributed by atoms with Crippen LogP contribution in [-0.4, -0.2) is 30.5 Å². The Morgan fingerprint density at radius 2 is 1.67 bits per heavy atom. The van der Waals surface area contributed by atoms with E-state index in [9.17, 15) is 19.7 Å². The maximum Gasteiger partial charge on any atom is 0.337 e. The average Bonchev–Trinajstić information content (AvgIpc) is 2.83. The lowest BCUT2D eigenvalue weighted by molar-refractivity contribution is -0.385. The fraction of sp³-hybridized carbons (Fsp3) is 0.120. The number of nitro groups is 1. The quantitative estimate of drug-likeness (QED) is 0.261. The van der Waals surface area contributed by atoms with Gasteiger partial charge in [-0.2, -0.15) is 0 Å². The highest BCUT2D eigenvalue weighted by Crippen LogP contribution is 2.28. The first kappa shape index (κ1) is 23.0. The largest absolute Gasteiger partial charge is 0.487 e. The third-order valence-electron chi connectivity index (χ3n) is 4.47. The molecule has 0 radical (unpaired) electrons. The number of methoxy groups -OCH3 is 1. The third-order valence-corrected chi connectivity index (χ3v) is 4.47. The third kappa shape index (κ3) is 5.95. The van der Waals surface area contributed by atoms with Gasteiger partial charge in [0, 0.05) is 28.4 Å². The van der Waals surface area contributed by atoms with Gasteiger partial charge < -0.3 is 14.8 Å². The summed E-state index contributed by atoms with van der Waals surface area (Å²) < 4.78 is 9.95. The average molecular weight is 444 g/mol. The summed E-state index contributed by atoms with van der Waals surface area (Å²) >= 11 is 0. The standard InChI is InChI=1S/C25H20N2O6/c1-3-33-23-13-12-19(16-22(23)27(30)31)24(28)26-21-9-5-7-18(15-21)11-10-17-6-4-8-20(14-17)25(29)32-2/h4-9,12-16H,3H2,1-2H3,(H,26,28). The smallest absolute Gasteiger partial charge is 0.337 e. The number of carbonyl (C=O) groups is 2. The zero-order chi connectivity index (χ0) is 23.8. The Balaban J connectivity index is 1.78. The second-order valence-corrected chi connectivity index (χ2v) is 6.73. The molecule has 3 rings (SSSR count). The number of hydrogen-bond acceptors (Lipinski definition) is 6. The van der Waals surface area contributed by atoms with Gasteiger partial charge in [-0.1, -0.05) is 24.0 Å². The second-order valence-electron chi connectivity index (χ2n) is 6.73. The van der Waals surface area contributed by atoms with Crippen LogP contribution in [0.2, 0.25) is 0 Å². The van der Waals surface area contributed by atoms with E-state index in [-0.39, 0.29) is 23.6 Å². The summed E-state index contributed by atoms with van der Waals surface area (Å²) in [4.78, 5) is 35.0. The van der Waals surface area contributed by atoms with Crippen LogP contribution in [0.3, 0.4) is 0 Å². The van der Waals surface area contributed by atoms with Crippen molar-refractivity contribution in [2.24, 2.45) is 0 Å². The predicted octanol–water partition coefficient (Wildman–Crippen LogP) is 4.43. The number of rotatable bonds is 6. The topological polar surface area (TPSA) is 108 Å². The molecular weight excluding hydrogens is 424 g/mol. The highest BCUT2D eigenvalue weighted by Gasteiger charge is 2.18. The van der Waals surface area contributed by atoms with Gasteiger partial charge in [-0.15, -0.1) is 0 Å². The van der Waals surface area contributed by atoms with Crippen molar-refractivity contribution in [1.29, 1.82) is 0 Å². The molecule has 0 aliphatic heterocycles. The number of nitrogens with one attached hydrogen (secondary N) is 1. The number of esters is 1. The van der Waals surface area contributed by atoms with E-state index >= 15 is 0 Å². The van der Waals surface area contributed by atoms with Crippen molar-refractivity contribution in [1.82, 2.24) is 0 Å². The van der Waals surface area contributed by atoms with E-state index in [2.05, 4.69) is 17.2 Å². The summed E-state index contributed by atoms with van der Waals surface area (Å²) in [5, 5.41) is 14.0. The van der Waals surface area contributed by atoms with Gasteiger partial charge in [0.25, 0.3) is 5.91 Å². The van der Waals surface area contributed by atoms with Crippen LogP contribution in [-0.2, 0) is 4.74 Å². The van der Waals surface area contributed by atoms with Crippen LogP contribution in [0.15, 0.2) is 66.7 Å². The lowest BCUT2D eigenvalue weighted by Gasteiger charge is -2.08. The molecule has 8 heteroatoms. The fourth-order valence-electron chi connectivity index (χ4n) is 2.94. The molecule has 0 saturated carbocycles. The molecule has 0 heterocycles. The summed E-state index contributed by atoms with van der Waals surface area (Å²) in [7, 11) is 1.31. The lowest BCUT2D eigenvalue weighted by atomic mass is 10.1. The van der Waals surface area contributed by atoms with E-state index in [1.807, 2.05) is 0 Å². The van der Waals surface area contributed by atoms with E-state index in [1.165, 1.54) is 25.3 Å². The van der Waals surface area contributed by atoms with Crippen molar-refractivity contribution in [2.45, 2.75) is 6.92 Å². The molecule has 0 fully saturated rings. The zero-order valence-corrected chi connectivity index (χ0v) is 18.0. The van der Waals surface area contributed by atoms with Gasteiger partial charge in [0.1, 0.15) is 0 Å². The summed E-state index contributed by atoms with van der Waals surface area (Å²) in [6.07, 6.45) is 0. The van der Waals surface area contributed by atoms with Crippen LogP contribution in [0.5, 0.6) is 5.75 Å². The summed E-state index contributed by atoms with van der Waals surface area (Å²) in [5.41, 5.74) is 1.99. The molecule has 8 nitrogen and oxygen atoms in total. The molecule has 0 unspecified atom stereocenters. The zero-order valence-electron chi connectivity index (χ0n) is 18.0. The minimum absolute atomic E-state index is 0.104. The van der Waals surface area contributed by atoms with Crippen LogP contribution >= 0.6 is 0 Å². The molecule has 33 heavy (non-hydrogen) atoms. The Bertz CT molecular complexity index is 1270. The monoisotopic (exact) mass is 444 g/mol. The maximum absolute atomic E-state index is 12.6. The number of nitrogens with zero attached hydrogens (tertiary/aromatic N) is 1. The van der Waals surface area contributed by atoms with Crippen LogP contribution in [0.4, 0.5) is 11.4 Å². The van der Waals surface area contributed by atoms with Crippen molar-refractivity contribution < 1.29 is 24.0 Å². The van der Waals surface area contributed by atoms with E-state index in [0.717, 1.165) is 0 Å². The highest BCUT2D eigenvalue weighted by molar-refractivity contribution is 6.05. The molecule has 0 bridgehead atoms. The molecule has 0 aromatic heterocycles.